The minimum atomic E-state index is -0.771. The molecule has 0 bridgehead atoms. The van der Waals surface area contributed by atoms with E-state index in [1.165, 1.54) is 12.1 Å². The zero-order valence-corrected chi connectivity index (χ0v) is 18.0. The van der Waals surface area contributed by atoms with Gasteiger partial charge < -0.3 is 9.47 Å². The molecule has 2 aromatic carbocycles. The number of rotatable bonds is 6. The maximum Gasteiger partial charge on any atom is 0.247 e. The van der Waals surface area contributed by atoms with Crippen LogP contribution in [0.1, 0.15) is 57.1 Å². The Morgan fingerprint density at radius 3 is 2.42 bits per heavy atom. The van der Waals surface area contributed by atoms with Gasteiger partial charge in [0.2, 0.25) is 12.3 Å². The molecule has 1 aliphatic heterocycles. The van der Waals surface area contributed by atoms with Gasteiger partial charge in [-0.25, -0.2) is 4.39 Å². The lowest BCUT2D eigenvalue weighted by Gasteiger charge is -2.34. The molecule has 1 fully saturated rings. The van der Waals surface area contributed by atoms with Crippen molar-refractivity contribution in [2.45, 2.75) is 57.8 Å². The van der Waals surface area contributed by atoms with E-state index in [0.29, 0.717) is 18.8 Å². The lowest BCUT2D eigenvalue weighted by atomic mass is 9.70. The van der Waals surface area contributed by atoms with Crippen LogP contribution in [0.3, 0.4) is 0 Å². The maximum absolute atomic E-state index is 14.1. The number of nitriles is 1. The number of hydrogen-bond acceptors (Lipinski definition) is 4. The number of benzene rings is 2. The second-order valence-corrected chi connectivity index (χ2v) is 8.11. The summed E-state index contributed by atoms with van der Waals surface area (Å²) >= 11 is 0. The molecular formula is C25H27FN2O3. The molecule has 0 unspecified atom stereocenters. The predicted octanol–water partition coefficient (Wildman–Crippen LogP) is 5.27. The number of hydrogen-bond donors (Lipinski definition) is 0. The van der Waals surface area contributed by atoms with Crippen molar-refractivity contribution in [3.05, 3.63) is 53.3 Å². The Balaban J connectivity index is 1.85. The van der Waals surface area contributed by atoms with E-state index in [4.69, 9.17) is 9.47 Å². The van der Waals surface area contributed by atoms with Gasteiger partial charge in [0.1, 0.15) is 5.82 Å². The number of anilines is 1. The molecule has 4 rings (SSSR count). The van der Waals surface area contributed by atoms with E-state index >= 15 is 0 Å². The fourth-order valence-corrected chi connectivity index (χ4v) is 4.92. The predicted molar refractivity (Wildman–Crippen MR) is 116 cm³/mol. The van der Waals surface area contributed by atoms with Gasteiger partial charge in [-0.15, -0.1) is 0 Å². The van der Waals surface area contributed by atoms with E-state index in [0.717, 1.165) is 48.9 Å². The van der Waals surface area contributed by atoms with E-state index in [9.17, 15) is 14.4 Å². The van der Waals surface area contributed by atoms with Gasteiger partial charge in [0.25, 0.3) is 0 Å². The summed E-state index contributed by atoms with van der Waals surface area (Å²) in [6.07, 6.45) is 3.85. The number of halogens is 1. The van der Waals surface area contributed by atoms with Crippen molar-refractivity contribution in [3.63, 3.8) is 0 Å². The van der Waals surface area contributed by atoms with Gasteiger partial charge in [-0.3, -0.25) is 9.69 Å². The van der Waals surface area contributed by atoms with Crippen LogP contribution in [0.2, 0.25) is 0 Å². The van der Waals surface area contributed by atoms with Gasteiger partial charge >= 0.3 is 0 Å². The van der Waals surface area contributed by atoms with E-state index in [-0.39, 0.29) is 11.5 Å². The van der Waals surface area contributed by atoms with Crippen molar-refractivity contribution in [2.75, 3.05) is 18.1 Å². The minimum Gasteiger partial charge on any atom is -0.335 e. The van der Waals surface area contributed by atoms with Crippen molar-refractivity contribution < 1.29 is 18.7 Å². The van der Waals surface area contributed by atoms with Gasteiger partial charge in [-0.1, -0.05) is 25.3 Å². The molecule has 0 atom stereocenters. The molecule has 6 heteroatoms. The SMILES string of the molecule is CCOC(OCC)N1C(=O)C2(CCCCC2)c2cc(-c3cc(F)cc(C#N)c3)ccc21. The highest BCUT2D eigenvalue weighted by Gasteiger charge is 2.53. The Morgan fingerprint density at radius 2 is 1.77 bits per heavy atom. The number of amides is 1. The highest BCUT2D eigenvalue weighted by Crippen LogP contribution is 2.51. The molecular weight excluding hydrogens is 395 g/mol. The Bertz CT molecular complexity index is 1020. The Kier molecular flexibility index (Phi) is 6.08. The van der Waals surface area contributed by atoms with Crippen LogP contribution in [0.4, 0.5) is 10.1 Å². The molecule has 1 heterocycles. The van der Waals surface area contributed by atoms with Gasteiger partial charge in [0, 0.05) is 13.2 Å². The van der Waals surface area contributed by atoms with Crippen molar-refractivity contribution in [1.82, 2.24) is 0 Å². The summed E-state index contributed by atoms with van der Waals surface area (Å²) in [5.41, 5.74) is 2.82. The molecule has 0 aromatic heterocycles. The zero-order chi connectivity index (χ0) is 22.0. The summed E-state index contributed by atoms with van der Waals surface area (Å²) in [5, 5.41) is 9.22. The van der Waals surface area contributed by atoms with Crippen LogP contribution in [0.15, 0.2) is 36.4 Å². The number of carbonyl (C=O) groups excluding carboxylic acids is 1. The van der Waals surface area contributed by atoms with E-state index in [1.54, 1.807) is 11.0 Å². The molecule has 162 valence electrons. The number of nitrogens with zero attached hydrogens (tertiary/aromatic N) is 2. The second-order valence-electron chi connectivity index (χ2n) is 8.11. The molecule has 0 saturated heterocycles. The second kappa shape index (κ2) is 8.78. The summed E-state index contributed by atoms with van der Waals surface area (Å²) in [7, 11) is 0. The van der Waals surface area contributed by atoms with Gasteiger partial charge in [-0.05, 0) is 73.7 Å². The van der Waals surface area contributed by atoms with Crippen LogP contribution in [0.5, 0.6) is 0 Å². The number of ether oxygens (including phenoxy) is 2. The molecule has 1 spiro atoms. The van der Waals surface area contributed by atoms with Crippen LogP contribution in [0, 0.1) is 17.1 Å². The molecule has 0 N–H and O–H groups in total. The van der Waals surface area contributed by atoms with E-state index in [2.05, 4.69) is 0 Å². The fraction of sp³-hybridized carbons (Fsp3) is 0.440. The first-order valence-corrected chi connectivity index (χ1v) is 11.0. The lowest BCUT2D eigenvalue weighted by molar-refractivity contribution is -0.152. The number of carbonyl (C=O) groups is 1. The van der Waals surface area contributed by atoms with Crippen molar-refractivity contribution in [2.24, 2.45) is 0 Å². The molecule has 1 amide bonds. The molecule has 31 heavy (non-hydrogen) atoms. The smallest absolute Gasteiger partial charge is 0.247 e. The number of fused-ring (bicyclic) bond motifs is 2. The lowest BCUT2D eigenvalue weighted by Crippen LogP contribution is -2.48. The Morgan fingerprint density at radius 1 is 1.06 bits per heavy atom. The molecule has 1 saturated carbocycles. The summed E-state index contributed by atoms with van der Waals surface area (Å²) < 4.78 is 25.6. The zero-order valence-electron chi connectivity index (χ0n) is 18.0. The largest absolute Gasteiger partial charge is 0.335 e. The van der Waals surface area contributed by atoms with Crippen LogP contribution >= 0.6 is 0 Å². The van der Waals surface area contributed by atoms with Crippen LogP contribution in [0.25, 0.3) is 11.1 Å². The quantitative estimate of drug-likeness (QED) is 0.595. The molecule has 0 radical (unpaired) electrons. The summed E-state index contributed by atoms with van der Waals surface area (Å²) in [6.45, 7) is 4.61. The molecule has 2 aromatic rings. The topological polar surface area (TPSA) is 62.6 Å². The van der Waals surface area contributed by atoms with Crippen LogP contribution in [-0.2, 0) is 19.7 Å². The molecule has 2 aliphatic rings. The minimum absolute atomic E-state index is 0.0169. The third-order valence-electron chi connectivity index (χ3n) is 6.30. The highest BCUT2D eigenvalue weighted by atomic mass is 19.1. The summed E-state index contributed by atoms with van der Waals surface area (Å²) in [5.74, 6) is -0.435. The standard InChI is InChI=1S/C25H27FN2O3/c1-3-30-24(31-4-2)28-22-9-8-18(19-12-17(16-27)13-20(26)14-19)15-21(22)25(23(28)29)10-6-5-7-11-25/h8-9,12-15,24H,3-7,10-11H2,1-2H3. The van der Waals surface area contributed by atoms with Gasteiger partial charge in [0.15, 0.2) is 0 Å². The maximum atomic E-state index is 14.1. The van der Waals surface area contributed by atoms with Gasteiger partial charge in [-0.2, -0.15) is 5.26 Å². The summed E-state index contributed by atoms with van der Waals surface area (Å²) in [6, 6.07) is 12.1. The fourth-order valence-electron chi connectivity index (χ4n) is 4.92. The van der Waals surface area contributed by atoms with Gasteiger partial charge in [0.05, 0.1) is 22.7 Å². The highest BCUT2D eigenvalue weighted by molar-refractivity contribution is 6.08. The Labute approximate surface area is 182 Å². The van der Waals surface area contributed by atoms with E-state index < -0.39 is 17.6 Å². The van der Waals surface area contributed by atoms with Crippen molar-refractivity contribution in [1.29, 1.82) is 5.26 Å². The first kappa shape index (κ1) is 21.5. The first-order valence-electron chi connectivity index (χ1n) is 11.0. The van der Waals surface area contributed by atoms with Crippen LogP contribution in [-0.4, -0.2) is 25.5 Å². The normalized spacial score (nSPS) is 17.3. The average molecular weight is 423 g/mol. The Hall–Kier alpha value is -2.75. The summed E-state index contributed by atoms with van der Waals surface area (Å²) in [4.78, 5) is 15.5. The molecule has 5 nitrogen and oxygen atoms in total. The monoisotopic (exact) mass is 422 g/mol. The third kappa shape index (κ3) is 3.73. The first-order chi connectivity index (χ1) is 15.0. The van der Waals surface area contributed by atoms with Crippen molar-refractivity contribution >= 4 is 11.6 Å². The van der Waals surface area contributed by atoms with E-state index in [1.807, 2.05) is 38.1 Å². The average Bonchev–Trinajstić information content (AvgIpc) is 3.01. The van der Waals surface area contributed by atoms with Crippen molar-refractivity contribution in [3.8, 4) is 17.2 Å². The third-order valence-corrected chi connectivity index (χ3v) is 6.30. The van der Waals surface area contributed by atoms with Crippen LogP contribution < -0.4 is 4.90 Å². The molecule has 1 aliphatic carbocycles.